The summed E-state index contributed by atoms with van der Waals surface area (Å²) in [6.07, 6.45) is 11.3. The minimum absolute atomic E-state index is 0.221. The summed E-state index contributed by atoms with van der Waals surface area (Å²) in [5, 5.41) is 11.3. The summed E-state index contributed by atoms with van der Waals surface area (Å²) in [6, 6.07) is 14.6. The number of hydrogen-bond donors (Lipinski definition) is 1. The summed E-state index contributed by atoms with van der Waals surface area (Å²) in [5.41, 5.74) is 2.89. The molecule has 1 heterocycles. The second kappa shape index (κ2) is 9.74. The molecule has 0 aromatic heterocycles. The van der Waals surface area contributed by atoms with Gasteiger partial charge in [0.25, 0.3) is 0 Å². The van der Waals surface area contributed by atoms with E-state index >= 15 is 0 Å². The fourth-order valence-corrected chi connectivity index (χ4v) is 3.91. The summed E-state index contributed by atoms with van der Waals surface area (Å²) < 4.78 is 5.43. The van der Waals surface area contributed by atoms with Gasteiger partial charge in [-0.3, -0.25) is 0 Å². The SMILES string of the molecule is C1=C(C2CCCC2)CCOCC1.OCCc1ccc2ccccc2c1. The number of ether oxygens (including phenoxy) is 1. The first-order chi connectivity index (χ1) is 12.4. The van der Waals surface area contributed by atoms with E-state index in [4.69, 9.17) is 9.84 Å². The maximum absolute atomic E-state index is 8.79. The molecule has 2 aromatic carbocycles. The summed E-state index contributed by atoms with van der Waals surface area (Å²) in [5.74, 6) is 0.923. The van der Waals surface area contributed by atoms with Gasteiger partial charge in [-0.15, -0.1) is 0 Å². The van der Waals surface area contributed by atoms with Crippen LogP contribution in [0.2, 0.25) is 0 Å². The normalized spacial score (nSPS) is 18.4. The molecule has 1 fully saturated rings. The lowest BCUT2D eigenvalue weighted by Crippen LogP contribution is -2.00. The monoisotopic (exact) mass is 338 g/mol. The van der Waals surface area contributed by atoms with Crippen molar-refractivity contribution in [1.29, 1.82) is 0 Å². The Bertz CT molecular complexity index is 683. The van der Waals surface area contributed by atoms with E-state index in [1.807, 2.05) is 12.1 Å². The fourth-order valence-electron chi connectivity index (χ4n) is 3.91. The second-order valence-corrected chi connectivity index (χ2v) is 7.07. The van der Waals surface area contributed by atoms with E-state index in [0.29, 0.717) is 0 Å². The number of fused-ring (bicyclic) bond motifs is 1. The Balaban J connectivity index is 0.000000146. The molecule has 1 aliphatic heterocycles. The molecule has 2 aliphatic rings. The summed E-state index contributed by atoms with van der Waals surface area (Å²) in [7, 11) is 0. The van der Waals surface area contributed by atoms with Gasteiger partial charge in [0.1, 0.15) is 0 Å². The van der Waals surface area contributed by atoms with E-state index in [-0.39, 0.29) is 6.61 Å². The maximum atomic E-state index is 8.79. The first kappa shape index (κ1) is 18.2. The number of aliphatic hydroxyl groups is 1. The first-order valence-electron chi connectivity index (χ1n) is 9.72. The van der Waals surface area contributed by atoms with Crippen molar-refractivity contribution in [3.05, 3.63) is 59.7 Å². The molecule has 0 spiro atoms. The van der Waals surface area contributed by atoms with Crippen molar-refractivity contribution in [1.82, 2.24) is 0 Å². The average Bonchev–Trinajstić information content (AvgIpc) is 3.05. The van der Waals surface area contributed by atoms with Crippen LogP contribution in [0.5, 0.6) is 0 Å². The van der Waals surface area contributed by atoms with E-state index in [1.165, 1.54) is 48.4 Å². The van der Waals surface area contributed by atoms with Crippen LogP contribution in [0.3, 0.4) is 0 Å². The zero-order chi connectivity index (χ0) is 17.3. The van der Waals surface area contributed by atoms with Gasteiger partial charge in [-0.2, -0.15) is 0 Å². The molecule has 0 radical (unpaired) electrons. The number of benzene rings is 2. The zero-order valence-corrected chi connectivity index (χ0v) is 15.1. The lowest BCUT2D eigenvalue weighted by atomic mass is 9.94. The van der Waals surface area contributed by atoms with E-state index in [2.05, 4.69) is 36.4 Å². The Labute approximate surface area is 151 Å². The van der Waals surface area contributed by atoms with Crippen LogP contribution in [0, 0.1) is 5.92 Å². The van der Waals surface area contributed by atoms with Crippen molar-refractivity contribution < 1.29 is 9.84 Å². The van der Waals surface area contributed by atoms with Crippen LogP contribution in [0.4, 0.5) is 0 Å². The van der Waals surface area contributed by atoms with Crippen molar-refractivity contribution in [2.24, 2.45) is 5.92 Å². The van der Waals surface area contributed by atoms with Gasteiger partial charge in [0.2, 0.25) is 0 Å². The molecule has 25 heavy (non-hydrogen) atoms. The Hall–Kier alpha value is -1.64. The number of aliphatic hydroxyl groups excluding tert-OH is 1. The topological polar surface area (TPSA) is 29.5 Å². The fraction of sp³-hybridized carbons (Fsp3) is 0.478. The third kappa shape index (κ3) is 5.42. The van der Waals surface area contributed by atoms with Crippen LogP contribution in [0.1, 0.15) is 44.1 Å². The zero-order valence-electron chi connectivity index (χ0n) is 15.1. The largest absolute Gasteiger partial charge is 0.396 e. The molecular formula is C23H30O2. The second-order valence-electron chi connectivity index (χ2n) is 7.07. The molecule has 2 heteroatoms. The molecule has 0 unspecified atom stereocenters. The van der Waals surface area contributed by atoms with Gasteiger partial charge in [0, 0.05) is 6.61 Å². The van der Waals surface area contributed by atoms with Gasteiger partial charge in [0.15, 0.2) is 0 Å². The average molecular weight is 338 g/mol. The van der Waals surface area contributed by atoms with Gasteiger partial charge >= 0.3 is 0 Å². The van der Waals surface area contributed by atoms with Crippen molar-refractivity contribution in [3.8, 4) is 0 Å². The standard InChI is InChI=1S/C12H12O.C11H18O/c13-8-7-10-5-6-11-3-1-2-4-12(11)9-10;1-2-5-10(4-1)11-6-3-8-12-9-7-11/h1-6,9,13H,7-8H2;6,10H,1-5,7-9H2. The lowest BCUT2D eigenvalue weighted by Gasteiger charge is -2.12. The Morgan fingerprint density at radius 1 is 0.960 bits per heavy atom. The molecule has 4 rings (SSSR count). The van der Waals surface area contributed by atoms with Crippen LogP contribution in [-0.4, -0.2) is 24.9 Å². The highest BCUT2D eigenvalue weighted by molar-refractivity contribution is 5.82. The molecule has 2 nitrogen and oxygen atoms in total. The third-order valence-corrected chi connectivity index (χ3v) is 5.30. The Morgan fingerprint density at radius 3 is 2.56 bits per heavy atom. The lowest BCUT2D eigenvalue weighted by molar-refractivity contribution is 0.146. The Kier molecular flexibility index (Phi) is 7.08. The minimum atomic E-state index is 0.221. The smallest absolute Gasteiger partial charge is 0.0503 e. The van der Waals surface area contributed by atoms with Crippen LogP contribution < -0.4 is 0 Å². The minimum Gasteiger partial charge on any atom is -0.396 e. The van der Waals surface area contributed by atoms with Gasteiger partial charge in [-0.25, -0.2) is 0 Å². The Morgan fingerprint density at radius 2 is 1.76 bits per heavy atom. The molecule has 0 bridgehead atoms. The van der Waals surface area contributed by atoms with Crippen LogP contribution in [0.25, 0.3) is 10.8 Å². The van der Waals surface area contributed by atoms with Gasteiger partial charge in [-0.1, -0.05) is 67.0 Å². The van der Waals surface area contributed by atoms with E-state index in [9.17, 15) is 0 Å². The highest BCUT2D eigenvalue weighted by Gasteiger charge is 2.19. The summed E-state index contributed by atoms with van der Waals surface area (Å²) in [6.45, 7) is 2.12. The van der Waals surface area contributed by atoms with Gasteiger partial charge < -0.3 is 9.84 Å². The number of hydrogen-bond acceptors (Lipinski definition) is 2. The van der Waals surface area contributed by atoms with Gasteiger partial charge in [0.05, 0.1) is 13.2 Å². The van der Waals surface area contributed by atoms with Crippen molar-refractivity contribution >= 4 is 10.8 Å². The van der Waals surface area contributed by atoms with E-state index in [0.717, 1.165) is 32.0 Å². The molecule has 0 atom stereocenters. The first-order valence-corrected chi connectivity index (χ1v) is 9.72. The van der Waals surface area contributed by atoms with E-state index in [1.54, 1.807) is 5.57 Å². The summed E-state index contributed by atoms with van der Waals surface area (Å²) >= 11 is 0. The van der Waals surface area contributed by atoms with Crippen LogP contribution >= 0.6 is 0 Å². The highest BCUT2D eigenvalue weighted by Crippen LogP contribution is 2.33. The number of rotatable bonds is 3. The molecule has 134 valence electrons. The maximum Gasteiger partial charge on any atom is 0.0503 e. The molecule has 1 N–H and O–H groups in total. The van der Waals surface area contributed by atoms with Crippen molar-refractivity contribution in [3.63, 3.8) is 0 Å². The summed E-state index contributed by atoms with van der Waals surface area (Å²) in [4.78, 5) is 0. The molecule has 2 aromatic rings. The van der Waals surface area contributed by atoms with Crippen LogP contribution in [0.15, 0.2) is 54.1 Å². The molecule has 0 amide bonds. The van der Waals surface area contributed by atoms with Crippen molar-refractivity contribution in [2.45, 2.75) is 44.9 Å². The quantitative estimate of drug-likeness (QED) is 0.771. The third-order valence-electron chi connectivity index (χ3n) is 5.30. The van der Waals surface area contributed by atoms with E-state index < -0.39 is 0 Å². The van der Waals surface area contributed by atoms with Gasteiger partial charge in [-0.05, 0) is 54.4 Å². The predicted octanol–water partition coefficient (Wildman–Crippen LogP) is 5.29. The van der Waals surface area contributed by atoms with Crippen molar-refractivity contribution in [2.75, 3.05) is 19.8 Å². The highest BCUT2D eigenvalue weighted by atomic mass is 16.5. The molecule has 0 saturated heterocycles. The van der Waals surface area contributed by atoms with Crippen LogP contribution in [-0.2, 0) is 11.2 Å². The molecule has 1 saturated carbocycles. The molecule has 1 aliphatic carbocycles. The predicted molar refractivity (Wildman–Crippen MR) is 105 cm³/mol. The molecular weight excluding hydrogens is 308 g/mol.